The van der Waals surface area contributed by atoms with E-state index in [9.17, 15) is 0 Å². The van der Waals surface area contributed by atoms with Crippen LogP contribution in [0, 0.1) is 6.92 Å². The number of methoxy groups -OCH3 is 1. The number of halogens is 1. The molecule has 1 atom stereocenters. The van der Waals surface area contributed by atoms with Crippen LogP contribution in [0.15, 0.2) is 28.8 Å². The highest BCUT2D eigenvalue weighted by molar-refractivity contribution is 6.30. The van der Waals surface area contributed by atoms with Crippen molar-refractivity contribution in [3.8, 4) is 5.75 Å². The maximum Gasteiger partial charge on any atom is 0.231 e. The second-order valence-electron chi connectivity index (χ2n) is 6.75. The van der Waals surface area contributed by atoms with Crippen molar-refractivity contribution in [1.82, 2.24) is 20.0 Å². The van der Waals surface area contributed by atoms with Crippen molar-refractivity contribution in [3.05, 3.63) is 46.7 Å². The van der Waals surface area contributed by atoms with Crippen molar-refractivity contribution in [1.29, 1.82) is 0 Å². The highest BCUT2D eigenvalue weighted by atomic mass is 35.5. The number of aromatic nitrogens is 3. The van der Waals surface area contributed by atoms with Crippen molar-refractivity contribution in [2.24, 2.45) is 0 Å². The number of piperidine rings is 1. The highest BCUT2D eigenvalue weighted by Crippen LogP contribution is 2.29. The maximum atomic E-state index is 6.46. The van der Waals surface area contributed by atoms with Crippen LogP contribution >= 0.6 is 11.6 Å². The first kappa shape index (κ1) is 17.2. The first-order chi connectivity index (χ1) is 12.6. The van der Waals surface area contributed by atoms with Crippen LogP contribution in [0.2, 0.25) is 5.15 Å². The molecule has 7 heteroatoms. The van der Waals surface area contributed by atoms with E-state index in [-0.39, 0.29) is 5.92 Å². The number of fused-ring (bicyclic) bond motifs is 1. The fraction of sp³-hybridized carbons (Fsp3) is 0.421. The normalized spacial score (nSPS) is 18.3. The zero-order valence-corrected chi connectivity index (χ0v) is 15.7. The Hall–Kier alpha value is -2.18. The van der Waals surface area contributed by atoms with Gasteiger partial charge in [0.05, 0.1) is 18.5 Å². The topological polar surface area (TPSA) is 64.3 Å². The van der Waals surface area contributed by atoms with Crippen molar-refractivity contribution < 1.29 is 9.26 Å². The van der Waals surface area contributed by atoms with Gasteiger partial charge in [-0.25, -0.2) is 4.98 Å². The molecule has 0 amide bonds. The van der Waals surface area contributed by atoms with Gasteiger partial charge in [-0.05, 0) is 44.5 Å². The number of aryl methyl sites for hydroxylation is 1. The van der Waals surface area contributed by atoms with E-state index in [1.165, 1.54) is 0 Å². The van der Waals surface area contributed by atoms with Gasteiger partial charge in [0.25, 0.3) is 0 Å². The van der Waals surface area contributed by atoms with Crippen LogP contribution in [0.25, 0.3) is 10.9 Å². The van der Waals surface area contributed by atoms with Crippen LogP contribution in [-0.4, -0.2) is 40.2 Å². The average Bonchev–Trinajstić information content (AvgIpc) is 3.09. The fourth-order valence-corrected chi connectivity index (χ4v) is 3.73. The largest absolute Gasteiger partial charge is 0.497 e. The Kier molecular flexibility index (Phi) is 4.78. The van der Waals surface area contributed by atoms with Crippen LogP contribution < -0.4 is 4.74 Å². The average molecular weight is 373 g/mol. The summed E-state index contributed by atoms with van der Waals surface area (Å²) >= 11 is 6.46. The van der Waals surface area contributed by atoms with Gasteiger partial charge in [0.1, 0.15) is 10.9 Å². The van der Waals surface area contributed by atoms with E-state index in [4.69, 9.17) is 20.9 Å². The van der Waals surface area contributed by atoms with Crippen molar-refractivity contribution in [2.45, 2.75) is 32.2 Å². The number of hydrogen-bond donors (Lipinski definition) is 0. The lowest BCUT2D eigenvalue weighted by Crippen LogP contribution is -2.34. The van der Waals surface area contributed by atoms with E-state index in [0.29, 0.717) is 11.0 Å². The summed E-state index contributed by atoms with van der Waals surface area (Å²) in [5, 5.41) is 5.52. The van der Waals surface area contributed by atoms with E-state index < -0.39 is 0 Å². The molecule has 1 aromatic carbocycles. The zero-order chi connectivity index (χ0) is 18.1. The molecule has 0 unspecified atom stereocenters. The van der Waals surface area contributed by atoms with Crippen molar-refractivity contribution in [3.63, 3.8) is 0 Å². The van der Waals surface area contributed by atoms with E-state index >= 15 is 0 Å². The molecule has 0 bridgehead atoms. The Morgan fingerprint density at radius 3 is 2.96 bits per heavy atom. The molecule has 2 aromatic heterocycles. The van der Waals surface area contributed by atoms with Crippen LogP contribution in [-0.2, 0) is 6.54 Å². The molecule has 0 N–H and O–H groups in total. The van der Waals surface area contributed by atoms with Gasteiger partial charge in [0.2, 0.25) is 5.89 Å². The summed E-state index contributed by atoms with van der Waals surface area (Å²) in [4.78, 5) is 11.3. The summed E-state index contributed by atoms with van der Waals surface area (Å²) in [5.41, 5.74) is 1.88. The molecule has 0 radical (unpaired) electrons. The molecule has 0 spiro atoms. The number of nitrogens with zero attached hydrogens (tertiary/aromatic N) is 4. The molecule has 136 valence electrons. The Labute approximate surface area is 157 Å². The molecule has 1 fully saturated rings. The zero-order valence-electron chi connectivity index (χ0n) is 14.9. The summed E-state index contributed by atoms with van der Waals surface area (Å²) in [6.07, 6.45) is 2.17. The number of likely N-dealkylation sites (tertiary alicyclic amines) is 1. The van der Waals surface area contributed by atoms with Gasteiger partial charge in [-0.2, -0.15) is 4.98 Å². The summed E-state index contributed by atoms with van der Waals surface area (Å²) < 4.78 is 10.6. The lowest BCUT2D eigenvalue weighted by Gasteiger charge is -2.31. The molecule has 4 rings (SSSR count). The Balaban J connectivity index is 1.53. The predicted molar refractivity (Wildman–Crippen MR) is 99.6 cm³/mol. The standard InChI is InChI=1S/C19H21ClN4O2/c1-12-21-19(26-23-12)14-4-3-7-24(10-14)11-15-8-13-5-6-16(25-2)9-17(13)22-18(15)20/h5-6,8-9,14H,3-4,7,10-11H2,1-2H3/t14-/m1/s1. The summed E-state index contributed by atoms with van der Waals surface area (Å²) in [5.74, 6) is 2.49. The Morgan fingerprint density at radius 2 is 2.19 bits per heavy atom. The molecule has 1 aliphatic heterocycles. The monoisotopic (exact) mass is 372 g/mol. The summed E-state index contributed by atoms with van der Waals surface area (Å²) in [7, 11) is 1.65. The van der Waals surface area contributed by atoms with E-state index in [0.717, 1.165) is 60.6 Å². The quantitative estimate of drug-likeness (QED) is 0.646. The van der Waals surface area contributed by atoms with Gasteiger partial charge in [-0.15, -0.1) is 0 Å². The molecule has 6 nitrogen and oxygen atoms in total. The third-order valence-corrected chi connectivity index (χ3v) is 5.17. The highest BCUT2D eigenvalue weighted by Gasteiger charge is 2.26. The second-order valence-corrected chi connectivity index (χ2v) is 7.11. The SMILES string of the molecule is COc1ccc2cc(CN3CCC[C@@H](c4nc(C)no4)C3)c(Cl)nc2c1. The number of rotatable bonds is 4. The Morgan fingerprint density at radius 1 is 1.31 bits per heavy atom. The van der Waals surface area contributed by atoms with Gasteiger partial charge in [0, 0.05) is 30.1 Å². The number of hydrogen-bond acceptors (Lipinski definition) is 6. The second kappa shape index (κ2) is 7.21. The Bertz CT molecular complexity index is 927. The molecule has 1 aliphatic rings. The number of benzene rings is 1. The first-order valence-electron chi connectivity index (χ1n) is 8.78. The molecular weight excluding hydrogens is 352 g/mol. The number of pyridine rings is 1. The minimum atomic E-state index is 0.279. The summed E-state index contributed by atoms with van der Waals surface area (Å²) in [6.45, 7) is 4.53. The maximum absolute atomic E-state index is 6.46. The molecule has 1 saturated heterocycles. The smallest absolute Gasteiger partial charge is 0.231 e. The minimum Gasteiger partial charge on any atom is -0.497 e. The minimum absolute atomic E-state index is 0.279. The third-order valence-electron chi connectivity index (χ3n) is 4.84. The fourth-order valence-electron chi connectivity index (χ4n) is 3.53. The van der Waals surface area contributed by atoms with Crippen molar-refractivity contribution in [2.75, 3.05) is 20.2 Å². The molecule has 0 aliphatic carbocycles. The molecule has 0 saturated carbocycles. The number of ether oxygens (including phenoxy) is 1. The molecule has 3 heterocycles. The van der Waals surface area contributed by atoms with Crippen LogP contribution in [0.3, 0.4) is 0 Å². The lowest BCUT2D eigenvalue weighted by molar-refractivity contribution is 0.180. The molecular formula is C19H21ClN4O2. The van der Waals surface area contributed by atoms with Crippen LogP contribution in [0.1, 0.15) is 36.0 Å². The van der Waals surface area contributed by atoms with Gasteiger partial charge < -0.3 is 9.26 Å². The van der Waals surface area contributed by atoms with Gasteiger partial charge in [-0.1, -0.05) is 16.8 Å². The van der Waals surface area contributed by atoms with Crippen LogP contribution in [0.4, 0.5) is 0 Å². The lowest BCUT2D eigenvalue weighted by atomic mass is 9.97. The van der Waals surface area contributed by atoms with Gasteiger partial charge >= 0.3 is 0 Å². The van der Waals surface area contributed by atoms with Crippen molar-refractivity contribution >= 4 is 22.5 Å². The van der Waals surface area contributed by atoms with E-state index in [2.05, 4.69) is 26.1 Å². The van der Waals surface area contributed by atoms with E-state index in [1.807, 2.05) is 25.1 Å². The third kappa shape index (κ3) is 3.52. The van der Waals surface area contributed by atoms with Crippen LogP contribution in [0.5, 0.6) is 5.75 Å². The van der Waals surface area contributed by atoms with E-state index in [1.54, 1.807) is 7.11 Å². The molecule has 3 aromatic rings. The first-order valence-corrected chi connectivity index (χ1v) is 9.16. The predicted octanol–water partition coefficient (Wildman–Crippen LogP) is 3.97. The van der Waals surface area contributed by atoms with Gasteiger partial charge in [0.15, 0.2) is 5.82 Å². The van der Waals surface area contributed by atoms with Gasteiger partial charge in [-0.3, -0.25) is 4.90 Å². The molecule has 26 heavy (non-hydrogen) atoms. The summed E-state index contributed by atoms with van der Waals surface area (Å²) in [6, 6.07) is 7.97.